The summed E-state index contributed by atoms with van der Waals surface area (Å²) < 4.78 is 38.8. The first-order chi connectivity index (χ1) is 17.6. The maximum absolute atomic E-state index is 14.1. The van der Waals surface area contributed by atoms with E-state index >= 15 is 0 Å². The zero-order valence-electron chi connectivity index (χ0n) is 20.1. The Labute approximate surface area is 212 Å². The van der Waals surface area contributed by atoms with E-state index in [9.17, 15) is 18.0 Å². The number of nitrogens with zero attached hydrogens (tertiary/aromatic N) is 4. The van der Waals surface area contributed by atoms with E-state index in [-0.39, 0.29) is 17.4 Å². The Morgan fingerprint density at radius 2 is 1.89 bits per heavy atom. The van der Waals surface area contributed by atoms with E-state index in [1.807, 2.05) is 36.1 Å². The highest BCUT2D eigenvalue weighted by atomic mass is 19.4. The van der Waals surface area contributed by atoms with Crippen LogP contribution in [0.3, 0.4) is 0 Å². The number of alkyl halides is 3. The van der Waals surface area contributed by atoms with Crippen LogP contribution in [-0.4, -0.2) is 38.9 Å². The second kappa shape index (κ2) is 8.04. The number of amides is 1. The average Bonchev–Trinajstić information content (AvgIpc) is 3.76. The summed E-state index contributed by atoms with van der Waals surface area (Å²) >= 11 is 0. The van der Waals surface area contributed by atoms with Crippen molar-refractivity contribution in [2.75, 3.05) is 11.9 Å². The number of aromatic nitrogens is 2. The first-order valence-electron chi connectivity index (χ1n) is 12.2. The van der Waals surface area contributed by atoms with E-state index < -0.39 is 17.3 Å². The molecule has 1 amide bonds. The third-order valence-electron chi connectivity index (χ3n) is 7.94. The molecule has 2 saturated carbocycles. The number of carbonyl (C=O) groups is 1. The molecule has 37 heavy (non-hydrogen) atoms. The number of pyridine rings is 2. The molecule has 3 heterocycles. The summed E-state index contributed by atoms with van der Waals surface area (Å²) in [5.74, 6) is 0.225. The Balaban J connectivity index is 1.29. The van der Waals surface area contributed by atoms with E-state index in [1.165, 1.54) is 6.07 Å². The number of aryl methyl sites for hydroxylation is 1. The molecule has 3 aliphatic rings. The van der Waals surface area contributed by atoms with Crippen molar-refractivity contribution in [1.82, 2.24) is 14.9 Å². The van der Waals surface area contributed by atoms with Gasteiger partial charge in [-0.2, -0.15) is 18.4 Å². The fourth-order valence-electron chi connectivity index (χ4n) is 5.68. The molecular formula is C28H24F3N5O. The van der Waals surface area contributed by atoms with Gasteiger partial charge in [-0.15, -0.1) is 0 Å². The van der Waals surface area contributed by atoms with Gasteiger partial charge in [-0.25, -0.2) is 9.97 Å². The van der Waals surface area contributed by atoms with E-state index in [1.54, 1.807) is 12.1 Å². The van der Waals surface area contributed by atoms with Crippen LogP contribution in [-0.2, 0) is 6.18 Å². The van der Waals surface area contributed by atoms with Gasteiger partial charge in [0.1, 0.15) is 11.5 Å². The standard InChI is InChI=1S/C28H24F3N5O/c1-17-2-8-21(19-5-3-18(13-32)4-6-19)24(34-17)25(37)36-16-26(10-11-26)15-27(36)12-22(27)35-23-9-7-20(14-33-23)28(29,30)31/h2-9,14,22H,10-12,15-16H2,1H3,(H,33,35). The summed E-state index contributed by atoms with van der Waals surface area (Å²) in [6.45, 7) is 2.49. The van der Waals surface area contributed by atoms with E-state index in [2.05, 4.69) is 21.4 Å². The lowest BCUT2D eigenvalue weighted by Gasteiger charge is -2.27. The van der Waals surface area contributed by atoms with Crippen LogP contribution in [0.2, 0.25) is 0 Å². The molecule has 1 saturated heterocycles. The Kier molecular flexibility index (Phi) is 5.10. The molecule has 1 aliphatic heterocycles. The number of hydrogen-bond acceptors (Lipinski definition) is 5. The first-order valence-corrected chi connectivity index (χ1v) is 12.2. The maximum Gasteiger partial charge on any atom is 0.417 e. The summed E-state index contributed by atoms with van der Waals surface area (Å²) in [7, 11) is 0. The normalized spacial score (nSPS) is 23.2. The van der Waals surface area contributed by atoms with E-state index in [0.717, 1.165) is 42.8 Å². The highest BCUT2D eigenvalue weighted by Crippen LogP contribution is 2.65. The Morgan fingerprint density at radius 3 is 2.51 bits per heavy atom. The zero-order chi connectivity index (χ0) is 26.0. The lowest BCUT2D eigenvalue weighted by molar-refractivity contribution is -0.137. The van der Waals surface area contributed by atoms with Gasteiger partial charge in [0.25, 0.3) is 5.91 Å². The zero-order valence-corrected chi connectivity index (χ0v) is 20.1. The molecular weight excluding hydrogens is 479 g/mol. The first kappa shape index (κ1) is 23.5. The van der Waals surface area contributed by atoms with Gasteiger partial charge < -0.3 is 10.2 Å². The predicted molar refractivity (Wildman–Crippen MR) is 130 cm³/mol. The largest absolute Gasteiger partial charge is 0.417 e. The number of anilines is 1. The molecule has 6 rings (SSSR count). The van der Waals surface area contributed by atoms with Gasteiger partial charge in [0.05, 0.1) is 28.8 Å². The third kappa shape index (κ3) is 4.10. The lowest BCUT2D eigenvalue weighted by atomic mass is 10.0. The molecule has 2 aliphatic carbocycles. The molecule has 2 unspecified atom stereocenters. The molecule has 3 aromatic rings. The quantitative estimate of drug-likeness (QED) is 0.502. The molecule has 3 fully saturated rings. The summed E-state index contributed by atoms with van der Waals surface area (Å²) in [4.78, 5) is 24.6. The Hall–Kier alpha value is -3.93. The predicted octanol–water partition coefficient (Wildman–Crippen LogP) is 5.59. The van der Waals surface area contributed by atoms with Crippen LogP contribution in [0.4, 0.5) is 19.0 Å². The molecule has 9 heteroatoms. The SMILES string of the molecule is Cc1ccc(-c2ccc(C#N)cc2)c(C(=O)N2CC3(CC3)CC23CC3Nc2ccc(C(F)(F)F)cn2)n1. The average molecular weight is 504 g/mol. The number of benzene rings is 1. The molecule has 0 radical (unpaired) electrons. The van der Waals surface area contributed by atoms with Gasteiger partial charge in [0.2, 0.25) is 0 Å². The molecule has 1 aromatic carbocycles. The number of halogens is 3. The van der Waals surface area contributed by atoms with Crippen molar-refractivity contribution in [2.24, 2.45) is 5.41 Å². The van der Waals surface area contributed by atoms with Crippen LogP contribution in [0, 0.1) is 23.7 Å². The smallest absolute Gasteiger partial charge is 0.365 e. The number of likely N-dealkylation sites (tertiary alicyclic amines) is 1. The van der Waals surface area contributed by atoms with Crippen LogP contribution in [0.15, 0.2) is 54.7 Å². The second-order valence-corrected chi connectivity index (χ2v) is 10.5. The van der Waals surface area contributed by atoms with E-state index in [4.69, 9.17) is 5.26 Å². The van der Waals surface area contributed by atoms with Crippen molar-refractivity contribution >= 4 is 11.7 Å². The fraction of sp³-hybridized carbons (Fsp3) is 0.357. The number of rotatable bonds is 4. The highest BCUT2D eigenvalue weighted by molar-refractivity contribution is 6.00. The molecule has 2 spiro atoms. The minimum absolute atomic E-state index is 0.0937. The molecule has 1 N–H and O–H groups in total. The van der Waals surface area contributed by atoms with Gasteiger partial charge in [-0.05, 0) is 73.9 Å². The Morgan fingerprint density at radius 1 is 1.14 bits per heavy atom. The van der Waals surface area contributed by atoms with Gasteiger partial charge in [0.15, 0.2) is 0 Å². The molecule has 2 aromatic heterocycles. The van der Waals surface area contributed by atoms with Crippen LogP contribution in [0.1, 0.15) is 53.0 Å². The third-order valence-corrected chi connectivity index (χ3v) is 7.94. The molecule has 6 nitrogen and oxygen atoms in total. The van der Waals surface area contributed by atoms with Crippen LogP contribution < -0.4 is 5.32 Å². The summed E-state index contributed by atoms with van der Waals surface area (Å²) in [5.41, 5.74) is 2.07. The highest BCUT2D eigenvalue weighted by Gasteiger charge is 2.70. The van der Waals surface area contributed by atoms with Gasteiger partial charge in [-0.1, -0.05) is 18.2 Å². The van der Waals surface area contributed by atoms with Crippen molar-refractivity contribution < 1.29 is 18.0 Å². The summed E-state index contributed by atoms with van der Waals surface area (Å²) in [5, 5.41) is 12.4. The van der Waals surface area contributed by atoms with Gasteiger partial charge in [-0.3, -0.25) is 4.79 Å². The van der Waals surface area contributed by atoms with Crippen molar-refractivity contribution in [2.45, 2.75) is 50.4 Å². The number of nitrogens with one attached hydrogen (secondary N) is 1. The second-order valence-electron chi connectivity index (χ2n) is 10.5. The van der Waals surface area contributed by atoms with Gasteiger partial charge >= 0.3 is 6.18 Å². The number of hydrogen-bond donors (Lipinski definition) is 1. The molecule has 2 atom stereocenters. The fourth-order valence-corrected chi connectivity index (χ4v) is 5.68. The van der Waals surface area contributed by atoms with Crippen molar-refractivity contribution in [3.63, 3.8) is 0 Å². The summed E-state index contributed by atoms with van der Waals surface area (Å²) in [6.07, 6.45) is 0.0922. The monoisotopic (exact) mass is 503 g/mol. The van der Waals surface area contributed by atoms with Crippen molar-refractivity contribution in [1.29, 1.82) is 5.26 Å². The van der Waals surface area contributed by atoms with E-state index in [0.29, 0.717) is 35.6 Å². The Bertz CT molecular complexity index is 1420. The molecule has 188 valence electrons. The number of carbonyl (C=O) groups excluding carboxylic acids is 1. The van der Waals surface area contributed by atoms with Gasteiger partial charge in [0, 0.05) is 24.0 Å². The lowest BCUT2D eigenvalue weighted by Crippen LogP contribution is -2.41. The van der Waals surface area contributed by atoms with Crippen LogP contribution in [0.25, 0.3) is 11.1 Å². The molecule has 0 bridgehead atoms. The minimum atomic E-state index is -4.44. The maximum atomic E-state index is 14.1. The van der Waals surface area contributed by atoms with Crippen molar-refractivity contribution in [3.05, 3.63) is 77.2 Å². The minimum Gasteiger partial charge on any atom is -0.365 e. The van der Waals surface area contributed by atoms with Crippen LogP contribution >= 0.6 is 0 Å². The topological polar surface area (TPSA) is 81.9 Å². The van der Waals surface area contributed by atoms with Crippen LogP contribution in [0.5, 0.6) is 0 Å². The number of nitriles is 1. The van der Waals surface area contributed by atoms with Crippen molar-refractivity contribution in [3.8, 4) is 17.2 Å². The summed E-state index contributed by atoms with van der Waals surface area (Å²) in [6, 6.07) is 15.2.